The minimum absolute atomic E-state index is 0.0162. The number of ether oxygens (including phenoxy) is 1. The molecule has 2 unspecified atom stereocenters. The Morgan fingerprint density at radius 2 is 1.53 bits per heavy atom. The molecule has 3 N–H and O–H groups in total. The van der Waals surface area contributed by atoms with Crippen LogP contribution in [-0.4, -0.2) is 68.7 Å². The molecule has 9 nitrogen and oxygen atoms in total. The third kappa shape index (κ3) is 9.81. The molecule has 0 saturated carbocycles. The van der Waals surface area contributed by atoms with Crippen LogP contribution in [0.25, 0.3) is 0 Å². The summed E-state index contributed by atoms with van der Waals surface area (Å²) in [4.78, 5) is 25.2. The van der Waals surface area contributed by atoms with E-state index >= 15 is 0 Å². The molecule has 0 bridgehead atoms. The fraction of sp³-hybridized carbons (Fsp3) is 0.394. The summed E-state index contributed by atoms with van der Waals surface area (Å²) in [5.41, 5.74) is 1.63. The summed E-state index contributed by atoms with van der Waals surface area (Å²) in [5.74, 6) is -3.20. The number of sulfonamides is 1. The van der Waals surface area contributed by atoms with Crippen LogP contribution in [0, 0.1) is 17.6 Å². The molecule has 244 valence electrons. The molecule has 3 rings (SSSR count). The monoisotopic (exact) mass is 645 g/mol. The number of carbonyl (C=O) groups is 2. The standard InChI is InChI=1S/C33H41F2N3O6S/c1-23(2)21-38(45(42,43)29-18-17-26(34)20-28(29)35)27(22-39)16-10-11-19-36-32(40)31(37-33(41)44-3)30(24-12-6-4-7-13-24)25-14-8-5-9-15-25/h4-9,12-15,17-18,20,23,27,30-31,39H,10-11,16,19,21-22H2,1-3H3,(H,36,40)(H,37,41). The molecule has 0 aromatic heterocycles. The van der Waals surface area contributed by atoms with Crippen LogP contribution >= 0.6 is 0 Å². The van der Waals surface area contributed by atoms with Gasteiger partial charge in [-0.1, -0.05) is 80.9 Å². The molecule has 0 saturated heterocycles. The third-order valence-corrected chi connectivity index (χ3v) is 9.25. The number of alkyl carbamates (subject to hydrolysis) is 1. The van der Waals surface area contributed by atoms with Crippen molar-refractivity contribution in [3.05, 3.63) is 102 Å². The van der Waals surface area contributed by atoms with Gasteiger partial charge >= 0.3 is 6.09 Å². The predicted octanol–water partition coefficient (Wildman–Crippen LogP) is 4.82. The summed E-state index contributed by atoms with van der Waals surface area (Å²) < 4.78 is 60.7. The van der Waals surface area contributed by atoms with Crippen molar-refractivity contribution in [2.24, 2.45) is 5.92 Å². The molecule has 0 aliphatic carbocycles. The highest BCUT2D eigenvalue weighted by Gasteiger charge is 2.34. The fourth-order valence-corrected chi connectivity index (χ4v) is 7.01. The Hall–Kier alpha value is -3.87. The molecular weight excluding hydrogens is 604 g/mol. The minimum Gasteiger partial charge on any atom is -0.453 e. The van der Waals surface area contributed by atoms with Crippen molar-refractivity contribution in [1.29, 1.82) is 0 Å². The lowest BCUT2D eigenvalue weighted by atomic mass is 9.84. The summed E-state index contributed by atoms with van der Waals surface area (Å²) in [6, 6.07) is 19.0. The van der Waals surface area contributed by atoms with Gasteiger partial charge in [-0.15, -0.1) is 0 Å². The van der Waals surface area contributed by atoms with Gasteiger partial charge in [0.1, 0.15) is 22.6 Å². The van der Waals surface area contributed by atoms with Crippen LogP contribution < -0.4 is 10.6 Å². The highest BCUT2D eigenvalue weighted by Crippen LogP contribution is 2.29. The second kappa shape index (κ2) is 17.0. The Kier molecular flexibility index (Phi) is 13.4. The zero-order valence-corrected chi connectivity index (χ0v) is 26.5. The lowest BCUT2D eigenvalue weighted by molar-refractivity contribution is -0.123. The molecule has 0 aliphatic rings. The highest BCUT2D eigenvalue weighted by molar-refractivity contribution is 7.89. The van der Waals surface area contributed by atoms with E-state index < -0.39 is 63.2 Å². The van der Waals surface area contributed by atoms with Crippen LogP contribution in [0.1, 0.15) is 50.2 Å². The molecule has 3 aromatic rings. The van der Waals surface area contributed by atoms with Gasteiger partial charge in [0.15, 0.2) is 0 Å². The molecule has 2 atom stereocenters. The molecule has 0 radical (unpaired) electrons. The average molecular weight is 646 g/mol. The lowest BCUT2D eigenvalue weighted by Crippen LogP contribution is -2.50. The molecule has 0 aliphatic heterocycles. The smallest absolute Gasteiger partial charge is 0.407 e. The number of halogens is 2. The number of methoxy groups -OCH3 is 1. The van der Waals surface area contributed by atoms with Crippen LogP contribution in [0.5, 0.6) is 0 Å². The molecule has 45 heavy (non-hydrogen) atoms. The van der Waals surface area contributed by atoms with Gasteiger partial charge in [-0.05, 0) is 42.0 Å². The van der Waals surface area contributed by atoms with Gasteiger partial charge < -0.3 is 20.5 Å². The first-order valence-electron chi connectivity index (χ1n) is 14.8. The van der Waals surface area contributed by atoms with E-state index in [1.54, 1.807) is 13.8 Å². The van der Waals surface area contributed by atoms with Gasteiger partial charge in [0.2, 0.25) is 15.9 Å². The number of hydrogen-bond acceptors (Lipinski definition) is 6. The minimum atomic E-state index is -4.39. The van der Waals surface area contributed by atoms with Crippen LogP contribution in [0.2, 0.25) is 0 Å². The maximum absolute atomic E-state index is 14.5. The van der Waals surface area contributed by atoms with E-state index in [1.807, 2.05) is 60.7 Å². The van der Waals surface area contributed by atoms with E-state index in [-0.39, 0.29) is 25.4 Å². The third-order valence-electron chi connectivity index (χ3n) is 7.30. The Balaban J connectivity index is 1.72. The van der Waals surface area contributed by atoms with E-state index in [2.05, 4.69) is 10.6 Å². The number of benzene rings is 3. The summed E-state index contributed by atoms with van der Waals surface area (Å²) in [5, 5.41) is 15.7. The first-order valence-corrected chi connectivity index (χ1v) is 16.2. The van der Waals surface area contributed by atoms with Gasteiger partial charge in [-0.3, -0.25) is 4.79 Å². The van der Waals surface area contributed by atoms with E-state index in [0.717, 1.165) is 27.6 Å². The number of rotatable bonds is 16. The van der Waals surface area contributed by atoms with Crippen molar-refractivity contribution in [3.63, 3.8) is 0 Å². The predicted molar refractivity (Wildman–Crippen MR) is 167 cm³/mol. The number of unbranched alkanes of at least 4 members (excludes halogenated alkanes) is 1. The SMILES string of the molecule is COC(=O)NC(C(=O)NCCCCC(CO)N(CC(C)C)S(=O)(=O)c1ccc(F)cc1F)C(c1ccccc1)c1ccccc1. The van der Waals surface area contributed by atoms with Crippen molar-refractivity contribution in [1.82, 2.24) is 14.9 Å². The molecule has 3 aromatic carbocycles. The first kappa shape index (κ1) is 35.6. The molecule has 0 heterocycles. The van der Waals surface area contributed by atoms with Crippen molar-refractivity contribution in [3.8, 4) is 0 Å². The Morgan fingerprint density at radius 3 is 2.04 bits per heavy atom. The highest BCUT2D eigenvalue weighted by atomic mass is 32.2. The van der Waals surface area contributed by atoms with Crippen LogP contribution in [-0.2, 0) is 19.6 Å². The number of amides is 2. The van der Waals surface area contributed by atoms with E-state index in [1.165, 1.54) is 7.11 Å². The summed E-state index contributed by atoms with van der Waals surface area (Å²) in [6.07, 6.45) is 0.301. The number of nitrogens with zero attached hydrogens (tertiary/aromatic N) is 1. The second-order valence-corrected chi connectivity index (χ2v) is 12.9. The quantitative estimate of drug-likeness (QED) is 0.192. The van der Waals surface area contributed by atoms with Crippen molar-refractivity contribution in [2.45, 2.75) is 56.0 Å². The number of aliphatic hydroxyl groups excluding tert-OH is 1. The van der Waals surface area contributed by atoms with Gasteiger partial charge in [-0.2, -0.15) is 4.31 Å². The largest absolute Gasteiger partial charge is 0.453 e. The van der Waals surface area contributed by atoms with Crippen LogP contribution in [0.4, 0.5) is 13.6 Å². The maximum atomic E-state index is 14.5. The molecule has 2 amide bonds. The number of nitrogens with one attached hydrogen (secondary N) is 2. The zero-order valence-electron chi connectivity index (χ0n) is 25.7. The second-order valence-electron chi connectivity index (χ2n) is 11.1. The Morgan fingerprint density at radius 1 is 0.933 bits per heavy atom. The van der Waals surface area contributed by atoms with Crippen molar-refractivity contribution in [2.75, 3.05) is 26.8 Å². The number of carbonyl (C=O) groups excluding carboxylic acids is 2. The molecule has 12 heteroatoms. The number of aliphatic hydroxyl groups is 1. The average Bonchev–Trinajstić information content (AvgIpc) is 3.02. The van der Waals surface area contributed by atoms with E-state index in [9.17, 15) is 31.9 Å². The molecule has 0 fully saturated rings. The summed E-state index contributed by atoms with van der Waals surface area (Å²) in [7, 11) is -3.17. The molecule has 0 spiro atoms. The fourth-order valence-electron chi connectivity index (χ4n) is 5.15. The van der Waals surface area contributed by atoms with Gasteiger partial charge in [0.05, 0.1) is 13.7 Å². The Bertz CT molecular complexity index is 1450. The first-order chi connectivity index (χ1) is 21.5. The van der Waals surface area contributed by atoms with E-state index in [4.69, 9.17) is 4.74 Å². The zero-order chi connectivity index (χ0) is 33.0. The van der Waals surface area contributed by atoms with E-state index in [0.29, 0.717) is 18.9 Å². The maximum Gasteiger partial charge on any atom is 0.407 e. The summed E-state index contributed by atoms with van der Waals surface area (Å²) in [6.45, 7) is 3.30. The van der Waals surface area contributed by atoms with Crippen molar-refractivity contribution >= 4 is 22.0 Å². The normalized spacial score (nSPS) is 13.1. The van der Waals surface area contributed by atoms with Crippen LogP contribution in [0.15, 0.2) is 83.8 Å². The number of hydrogen-bond donors (Lipinski definition) is 3. The van der Waals surface area contributed by atoms with Gasteiger partial charge in [-0.25, -0.2) is 22.0 Å². The Labute approximate surface area is 263 Å². The van der Waals surface area contributed by atoms with Crippen LogP contribution in [0.3, 0.4) is 0 Å². The topological polar surface area (TPSA) is 125 Å². The van der Waals surface area contributed by atoms with Crippen molar-refractivity contribution < 1.29 is 36.6 Å². The van der Waals surface area contributed by atoms with Gasteiger partial charge in [0, 0.05) is 31.1 Å². The molecular formula is C33H41F2N3O6S. The lowest BCUT2D eigenvalue weighted by Gasteiger charge is -2.31. The van der Waals surface area contributed by atoms with Gasteiger partial charge in [0.25, 0.3) is 0 Å². The summed E-state index contributed by atoms with van der Waals surface area (Å²) >= 11 is 0.